The SMILES string of the molecule is CNCCC1CCN(C(=O)N(C)C)CC1.Cl. The highest BCUT2D eigenvalue weighted by Gasteiger charge is 2.22. The van der Waals surface area contributed by atoms with E-state index in [0.717, 1.165) is 38.4 Å². The molecule has 96 valence electrons. The van der Waals surface area contributed by atoms with Gasteiger partial charge in [0.15, 0.2) is 0 Å². The molecule has 1 aliphatic heterocycles. The van der Waals surface area contributed by atoms with Gasteiger partial charge in [-0.05, 0) is 38.8 Å². The molecule has 0 aliphatic carbocycles. The summed E-state index contributed by atoms with van der Waals surface area (Å²) in [5.41, 5.74) is 0. The molecule has 0 saturated carbocycles. The van der Waals surface area contributed by atoms with Crippen molar-refractivity contribution in [3.63, 3.8) is 0 Å². The first-order chi connectivity index (χ1) is 7.15. The minimum atomic E-state index is 0. The lowest BCUT2D eigenvalue weighted by Gasteiger charge is -2.33. The maximum absolute atomic E-state index is 11.7. The molecule has 1 rings (SSSR count). The Bertz CT molecular complexity index is 203. The Morgan fingerprint density at radius 3 is 2.38 bits per heavy atom. The van der Waals surface area contributed by atoms with Crippen LogP contribution in [0.3, 0.4) is 0 Å². The van der Waals surface area contributed by atoms with Crippen molar-refractivity contribution in [1.82, 2.24) is 15.1 Å². The quantitative estimate of drug-likeness (QED) is 0.821. The third-order valence-corrected chi connectivity index (χ3v) is 3.07. The molecule has 0 unspecified atom stereocenters. The summed E-state index contributed by atoms with van der Waals surface area (Å²) in [4.78, 5) is 15.3. The molecule has 1 heterocycles. The van der Waals surface area contributed by atoms with Crippen LogP contribution in [-0.2, 0) is 0 Å². The molecule has 0 aromatic carbocycles. The fraction of sp³-hybridized carbons (Fsp3) is 0.909. The average molecular weight is 250 g/mol. The van der Waals surface area contributed by atoms with Crippen LogP contribution >= 0.6 is 12.4 Å². The molecule has 0 atom stereocenters. The maximum Gasteiger partial charge on any atom is 0.319 e. The molecule has 0 aromatic rings. The Hall–Kier alpha value is -0.480. The zero-order chi connectivity index (χ0) is 11.3. The summed E-state index contributed by atoms with van der Waals surface area (Å²) in [6, 6.07) is 0.155. The van der Waals surface area contributed by atoms with Gasteiger partial charge in [0.2, 0.25) is 0 Å². The van der Waals surface area contributed by atoms with E-state index in [1.54, 1.807) is 4.90 Å². The van der Waals surface area contributed by atoms with Crippen molar-refractivity contribution < 1.29 is 4.79 Å². The van der Waals surface area contributed by atoms with E-state index in [2.05, 4.69) is 5.32 Å². The lowest BCUT2D eigenvalue weighted by molar-refractivity contribution is 0.145. The average Bonchev–Trinajstić information content (AvgIpc) is 2.26. The highest BCUT2D eigenvalue weighted by Crippen LogP contribution is 2.20. The number of nitrogens with zero attached hydrogens (tertiary/aromatic N) is 2. The molecule has 1 fully saturated rings. The van der Waals surface area contributed by atoms with Crippen molar-refractivity contribution in [3.8, 4) is 0 Å². The molecular formula is C11H24ClN3O. The Morgan fingerprint density at radius 1 is 1.38 bits per heavy atom. The first-order valence-electron chi connectivity index (χ1n) is 5.76. The lowest BCUT2D eigenvalue weighted by atomic mass is 9.94. The van der Waals surface area contributed by atoms with Crippen molar-refractivity contribution >= 4 is 18.4 Å². The fourth-order valence-corrected chi connectivity index (χ4v) is 2.04. The lowest BCUT2D eigenvalue weighted by Crippen LogP contribution is -2.44. The van der Waals surface area contributed by atoms with Gasteiger partial charge in [-0.1, -0.05) is 0 Å². The summed E-state index contributed by atoms with van der Waals surface area (Å²) in [5, 5.41) is 3.18. The van der Waals surface area contributed by atoms with Crippen LogP contribution in [-0.4, -0.2) is 56.6 Å². The molecule has 1 saturated heterocycles. The van der Waals surface area contributed by atoms with E-state index in [1.165, 1.54) is 6.42 Å². The van der Waals surface area contributed by atoms with E-state index in [0.29, 0.717) is 0 Å². The molecule has 1 aliphatic rings. The highest BCUT2D eigenvalue weighted by molar-refractivity contribution is 5.85. The third kappa shape index (κ3) is 4.58. The van der Waals surface area contributed by atoms with Crippen LogP contribution in [0.4, 0.5) is 4.79 Å². The van der Waals surface area contributed by atoms with Gasteiger partial charge in [-0.15, -0.1) is 12.4 Å². The van der Waals surface area contributed by atoms with Gasteiger partial charge in [0.1, 0.15) is 0 Å². The number of piperidine rings is 1. The normalized spacial score (nSPS) is 16.8. The summed E-state index contributed by atoms with van der Waals surface area (Å²) in [6.45, 7) is 2.93. The van der Waals surface area contributed by atoms with Gasteiger partial charge in [0, 0.05) is 27.2 Å². The summed E-state index contributed by atoms with van der Waals surface area (Å²) in [5.74, 6) is 0.795. The summed E-state index contributed by atoms with van der Waals surface area (Å²) >= 11 is 0. The summed E-state index contributed by atoms with van der Waals surface area (Å²) in [7, 11) is 5.62. The molecular weight excluding hydrogens is 226 g/mol. The standard InChI is InChI=1S/C11H23N3O.ClH/c1-12-7-4-10-5-8-14(9-6-10)11(15)13(2)3;/h10,12H,4-9H2,1-3H3;1H. The van der Waals surface area contributed by atoms with Gasteiger partial charge in [0.25, 0.3) is 0 Å². The number of urea groups is 1. The largest absolute Gasteiger partial charge is 0.331 e. The number of halogens is 1. The smallest absolute Gasteiger partial charge is 0.319 e. The van der Waals surface area contributed by atoms with Crippen LogP contribution in [0, 0.1) is 5.92 Å². The second-order valence-corrected chi connectivity index (χ2v) is 4.50. The number of likely N-dealkylation sites (tertiary alicyclic amines) is 1. The first kappa shape index (κ1) is 15.5. The van der Waals surface area contributed by atoms with Crippen LogP contribution < -0.4 is 5.32 Å². The predicted octanol–water partition coefficient (Wildman–Crippen LogP) is 1.41. The topological polar surface area (TPSA) is 35.6 Å². The Balaban J connectivity index is 0.00000225. The van der Waals surface area contributed by atoms with E-state index >= 15 is 0 Å². The fourth-order valence-electron chi connectivity index (χ4n) is 2.04. The molecule has 0 radical (unpaired) electrons. The van der Waals surface area contributed by atoms with Crippen LogP contribution in [0.5, 0.6) is 0 Å². The minimum Gasteiger partial charge on any atom is -0.331 e. The molecule has 5 heteroatoms. The Morgan fingerprint density at radius 2 is 1.94 bits per heavy atom. The molecule has 4 nitrogen and oxygen atoms in total. The number of amides is 2. The van der Waals surface area contributed by atoms with Crippen molar-refractivity contribution in [2.24, 2.45) is 5.92 Å². The Labute approximate surface area is 105 Å². The van der Waals surface area contributed by atoms with Gasteiger partial charge >= 0.3 is 6.03 Å². The minimum absolute atomic E-state index is 0. The van der Waals surface area contributed by atoms with Gasteiger partial charge in [-0.3, -0.25) is 0 Å². The molecule has 0 spiro atoms. The van der Waals surface area contributed by atoms with Crippen molar-refractivity contribution in [2.45, 2.75) is 19.3 Å². The molecule has 1 N–H and O–H groups in total. The van der Waals surface area contributed by atoms with Crippen LogP contribution in [0.15, 0.2) is 0 Å². The summed E-state index contributed by atoms with van der Waals surface area (Å²) < 4.78 is 0. The second kappa shape index (κ2) is 7.74. The molecule has 2 amide bonds. The van der Waals surface area contributed by atoms with Crippen LogP contribution in [0.1, 0.15) is 19.3 Å². The molecule has 0 aromatic heterocycles. The monoisotopic (exact) mass is 249 g/mol. The van der Waals surface area contributed by atoms with Crippen molar-refractivity contribution in [1.29, 1.82) is 0 Å². The molecule has 16 heavy (non-hydrogen) atoms. The van der Waals surface area contributed by atoms with Crippen LogP contribution in [0.25, 0.3) is 0 Å². The van der Waals surface area contributed by atoms with Gasteiger partial charge in [-0.25, -0.2) is 4.79 Å². The van der Waals surface area contributed by atoms with Crippen molar-refractivity contribution in [3.05, 3.63) is 0 Å². The molecule has 0 bridgehead atoms. The van der Waals surface area contributed by atoms with Crippen molar-refractivity contribution in [2.75, 3.05) is 40.8 Å². The summed E-state index contributed by atoms with van der Waals surface area (Å²) in [6.07, 6.45) is 3.54. The van der Waals surface area contributed by atoms with E-state index < -0.39 is 0 Å². The zero-order valence-electron chi connectivity index (χ0n) is 10.5. The second-order valence-electron chi connectivity index (χ2n) is 4.50. The van der Waals surface area contributed by atoms with Gasteiger partial charge in [0.05, 0.1) is 0 Å². The number of hydrogen-bond donors (Lipinski definition) is 1. The first-order valence-corrected chi connectivity index (χ1v) is 5.76. The number of hydrogen-bond acceptors (Lipinski definition) is 2. The predicted molar refractivity (Wildman–Crippen MR) is 69.2 cm³/mol. The van der Waals surface area contributed by atoms with E-state index in [1.807, 2.05) is 26.0 Å². The zero-order valence-corrected chi connectivity index (χ0v) is 11.3. The highest BCUT2D eigenvalue weighted by atomic mass is 35.5. The number of nitrogens with one attached hydrogen (secondary N) is 1. The van der Waals surface area contributed by atoms with E-state index in [-0.39, 0.29) is 18.4 Å². The number of carbonyl (C=O) groups is 1. The number of carbonyl (C=O) groups excluding carboxylic acids is 1. The van der Waals surface area contributed by atoms with Gasteiger partial charge < -0.3 is 15.1 Å². The van der Waals surface area contributed by atoms with Gasteiger partial charge in [-0.2, -0.15) is 0 Å². The Kier molecular flexibility index (Phi) is 7.51. The van der Waals surface area contributed by atoms with Crippen LogP contribution in [0.2, 0.25) is 0 Å². The number of rotatable bonds is 3. The van der Waals surface area contributed by atoms with E-state index in [9.17, 15) is 4.79 Å². The maximum atomic E-state index is 11.7. The third-order valence-electron chi connectivity index (χ3n) is 3.07. The van der Waals surface area contributed by atoms with E-state index in [4.69, 9.17) is 0 Å².